The lowest BCUT2D eigenvalue weighted by atomic mass is 9.86. The Morgan fingerprint density at radius 3 is 2.82 bits per heavy atom. The first kappa shape index (κ1) is 14.7. The molecule has 2 unspecified atom stereocenters. The molecular formula is C15H30N2. The molecule has 0 spiro atoms. The summed E-state index contributed by atoms with van der Waals surface area (Å²) in [5, 5.41) is 3.43. The molecule has 0 bridgehead atoms. The van der Waals surface area contributed by atoms with Gasteiger partial charge in [0.15, 0.2) is 0 Å². The second-order valence-corrected chi connectivity index (χ2v) is 5.77. The summed E-state index contributed by atoms with van der Waals surface area (Å²) in [5.41, 5.74) is 1.32. The minimum Gasteiger partial charge on any atom is -0.313 e. The highest BCUT2D eigenvalue weighted by molar-refractivity contribution is 5.00. The van der Waals surface area contributed by atoms with Crippen LogP contribution in [0.2, 0.25) is 0 Å². The summed E-state index contributed by atoms with van der Waals surface area (Å²) in [6.07, 6.45) is 6.76. The molecule has 17 heavy (non-hydrogen) atoms. The van der Waals surface area contributed by atoms with Gasteiger partial charge in [-0.25, -0.2) is 0 Å². The summed E-state index contributed by atoms with van der Waals surface area (Å²) in [6.45, 7) is 11.9. The van der Waals surface area contributed by atoms with Gasteiger partial charge in [-0.15, -0.1) is 0 Å². The van der Waals surface area contributed by atoms with Crippen molar-refractivity contribution in [3.05, 3.63) is 12.2 Å². The number of nitrogens with zero attached hydrogens (tertiary/aromatic N) is 1. The van der Waals surface area contributed by atoms with Crippen molar-refractivity contribution in [1.82, 2.24) is 10.2 Å². The Labute approximate surface area is 107 Å². The van der Waals surface area contributed by atoms with Crippen LogP contribution in [0.1, 0.15) is 46.0 Å². The average Bonchev–Trinajstić information content (AvgIpc) is 2.29. The van der Waals surface area contributed by atoms with Gasteiger partial charge in [-0.1, -0.05) is 33.3 Å². The molecule has 2 heteroatoms. The van der Waals surface area contributed by atoms with Crippen molar-refractivity contribution >= 4 is 0 Å². The van der Waals surface area contributed by atoms with E-state index >= 15 is 0 Å². The summed E-state index contributed by atoms with van der Waals surface area (Å²) in [7, 11) is 2.26. The van der Waals surface area contributed by atoms with E-state index in [1.165, 1.54) is 37.7 Å². The third kappa shape index (κ3) is 5.69. The van der Waals surface area contributed by atoms with Gasteiger partial charge in [0.1, 0.15) is 0 Å². The maximum Gasteiger partial charge on any atom is 0.0202 e. The predicted octanol–water partition coefficient (Wildman–Crippen LogP) is 3.05. The molecule has 1 saturated carbocycles. The van der Waals surface area contributed by atoms with Gasteiger partial charge in [0.25, 0.3) is 0 Å². The molecule has 1 fully saturated rings. The van der Waals surface area contributed by atoms with E-state index in [1.807, 2.05) is 0 Å². The van der Waals surface area contributed by atoms with Crippen LogP contribution in [0.5, 0.6) is 0 Å². The van der Waals surface area contributed by atoms with E-state index in [-0.39, 0.29) is 0 Å². The fourth-order valence-electron chi connectivity index (χ4n) is 2.78. The molecule has 0 aromatic rings. The molecule has 1 rings (SSSR count). The standard InChI is InChI=1S/C15H30N2/c1-5-9-16-11-14(3)12-17(4)15-8-6-7-13(2)10-15/h13,15-16H,3,5-12H2,1-2,4H3. The van der Waals surface area contributed by atoms with E-state index in [1.54, 1.807) is 0 Å². The van der Waals surface area contributed by atoms with Crippen molar-refractivity contribution in [1.29, 1.82) is 0 Å². The summed E-state index contributed by atoms with van der Waals surface area (Å²) in [6, 6.07) is 0.779. The lowest BCUT2D eigenvalue weighted by Gasteiger charge is -2.34. The van der Waals surface area contributed by atoms with Gasteiger partial charge in [0.05, 0.1) is 0 Å². The lowest BCUT2D eigenvalue weighted by molar-refractivity contribution is 0.174. The average molecular weight is 238 g/mol. The van der Waals surface area contributed by atoms with Crippen molar-refractivity contribution in [3.8, 4) is 0 Å². The first-order chi connectivity index (χ1) is 8.13. The van der Waals surface area contributed by atoms with Crippen LogP contribution in [0.15, 0.2) is 12.2 Å². The maximum atomic E-state index is 4.18. The maximum absolute atomic E-state index is 4.18. The predicted molar refractivity (Wildman–Crippen MR) is 76.4 cm³/mol. The van der Waals surface area contributed by atoms with Crippen molar-refractivity contribution in [3.63, 3.8) is 0 Å². The van der Waals surface area contributed by atoms with Crippen molar-refractivity contribution in [2.24, 2.45) is 5.92 Å². The van der Waals surface area contributed by atoms with Gasteiger partial charge in [-0.2, -0.15) is 0 Å². The first-order valence-electron chi connectivity index (χ1n) is 7.21. The molecule has 2 atom stereocenters. The van der Waals surface area contributed by atoms with Crippen molar-refractivity contribution in [2.45, 2.75) is 52.0 Å². The fourth-order valence-corrected chi connectivity index (χ4v) is 2.78. The summed E-state index contributed by atoms with van der Waals surface area (Å²) < 4.78 is 0. The molecule has 0 amide bonds. The minimum atomic E-state index is 0.779. The molecule has 0 saturated heterocycles. The Balaban J connectivity index is 2.22. The molecule has 100 valence electrons. The van der Waals surface area contributed by atoms with Gasteiger partial charge in [0, 0.05) is 19.1 Å². The third-order valence-electron chi connectivity index (χ3n) is 3.81. The van der Waals surface area contributed by atoms with E-state index in [4.69, 9.17) is 0 Å². The second kappa shape index (κ2) is 7.88. The van der Waals surface area contributed by atoms with Crippen molar-refractivity contribution in [2.75, 3.05) is 26.7 Å². The van der Waals surface area contributed by atoms with Crippen LogP contribution in [0, 0.1) is 5.92 Å². The Bertz CT molecular complexity index is 225. The van der Waals surface area contributed by atoms with Crippen LogP contribution >= 0.6 is 0 Å². The highest BCUT2D eigenvalue weighted by atomic mass is 15.1. The van der Waals surface area contributed by atoms with Crippen LogP contribution < -0.4 is 5.32 Å². The van der Waals surface area contributed by atoms with Crippen LogP contribution in [-0.2, 0) is 0 Å². The molecule has 2 nitrogen and oxygen atoms in total. The van der Waals surface area contributed by atoms with E-state index in [9.17, 15) is 0 Å². The largest absolute Gasteiger partial charge is 0.313 e. The Morgan fingerprint density at radius 2 is 2.18 bits per heavy atom. The fraction of sp³-hybridized carbons (Fsp3) is 0.867. The summed E-state index contributed by atoms with van der Waals surface area (Å²) >= 11 is 0. The molecule has 0 heterocycles. The van der Waals surface area contributed by atoms with E-state index in [0.29, 0.717) is 0 Å². The van der Waals surface area contributed by atoms with Crippen molar-refractivity contribution < 1.29 is 0 Å². The van der Waals surface area contributed by atoms with Gasteiger partial charge in [0.2, 0.25) is 0 Å². The molecule has 0 aromatic heterocycles. The zero-order valence-electron chi connectivity index (χ0n) is 12.0. The third-order valence-corrected chi connectivity index (χ3v) is 3.81. The van der Waals surface area contributed by atoms with Crippen LogP contribution in [-0.4, -0.2) is 37.6 Å². The van der Waals surface area contributed by atoms with Gasteiger partial charge < -0.3 is 5.32 Å². The highest BCUT2D eigenvalue weighted by Crippen LogP contribution is 2.26. The molecule has 1 aliphatic rings. The molecule has 0 aromatic carbocycles. The van der Waals surface area contributed by atoms with Gasteiger partial charge in [-0.3, -0.25) is 4.90 Å². The molecule has 1 aliphatic carbocycles. The van der Waals surface area contributed by atoms with Crippen LogP contribution in [0.3, 0.4) is 0 Å². The van der Waals surface area contributed by atoms with Crippen LogP contribution in [0.4, 0.5) is 0 Å². The Morgan fingerprint density at radius 1 is 1.41 bits per heavy atom. The first-order valence-corrected chi connectivity index (χ1v) is 7.21. The van der Waals surface area contributed by atoms with E-state index in [0.717, 1.165) is 31.6 Å². The zero-order valence-corrected chi connectivity index (χ0v) is 12.0. The molecule has 0 aliphatic heterocycles. The zero-order chi connectivity index (χ0) is 12.7. The molecule has 1 N–H and O–H groups in total. The summed E-state index contributed by atoms with van der Waals surface area (Å²) in [4.78, 5) is 2.51. The number of rotatable bonds is 7. The smallest absolute Gasteiger partial charge is 0.0202 e. The SMILES string of the molecule is C=C(CNCCC)CN(C)C1CCCC(C)C1. The quantitative estimate of drug-likeness (QED) is 0.542. The minimum absolute atomic E-state index is 0.779. The number of hydrogen-bond donors (Lipinski definition) is 1. The highest BCUT2D eigenvalue weighted by Gasteiger charge is 2.22. The second-order valence-electron chi connectivity index (χ2n) is 5.77. The molecular weight excluding hydrogens is 208 g/mol. The summed E-state index contributed by atoms with van der Waals surface area (Å²) in [5.74, 6) is 0.905. The van der Waals surface area contributed by atoms with Gasteiger partial charge >= 0.3 is 0 Å². The van der Waals surface area contributed by atoms with E-state index < -0.39 is 0 Å². The number of nitrogens with one attached hydrogen (secondary N) is 1. The number of likely N-dealkylation sites (N-methyl/N-ethyl adjacent to an activating group) is 1. The monoisotopic (exact) mass is 238 g/mol. The van der Waals surface area contributed by atoms with Crippen LogP contribution in [0.25, 0.3) is 0 Å². The number of hydrogen-bond acceptors (Lipinski definition) is 2. The topological polar surface area (TPSA) is 15.3 Å². The normalized spacial score (nSPS) is 25.2. The lowest BCUT2D eigenvalue weighted by Crippen LogP contribution is -2.37. The Hall–Kier alpha value is -0.340. The molecule has 0 radical (unpaired) electrons. The Kier molecular flexibility index (Phi) is 6.83. The van der Waals surface area contributed by atoms with E-state index in [2.05, 4.69) is 37.7 Å². The van der Waals surface area contributed by atoms with Gasteiger partial charge in [-0.05, 0) is 44.3 Å².